The van der Waals surface area contributed by atoms with E-state index in [4.69, 9.17) is 0 Å². The molecule has 20 bridgehead atoms. The minimum Gasteiger partial charge on any atom is -0.0610 e. The van der Waals surface area contributed by atoms with Crippen LogP contribution in [0.1, 0.15) is 0 Å². The van der Waals surface area contributed by atoms with Crippen molar-refractivity contribution in [3.05, 3.63) is 243 Å². The van der Waals surface area contributed by atoms with Gasteiger partial charge in [-0.25, -0.2) is 0 Å². The van der Waals surface area contributed by atoms with Crippen molar-refractivity contribution in [1.82, 2.24) is 0 Å². The molecule has 0 aromatic heterocycles. The molecule has 23 aromatic carbocycles. The molecule has 23 rings (SSSR count). The fraction of sp³-hybridized carbons (Fsp3) is 0. The number of benzene rings is 10. The third-order valence-electron chi connectivity index (χ3n) is 12.1. The summed E-state index contributed by atoms with van der Waals surface area (Å²) in [7, 11) is 0. The molecule has 0 radical (unpaired) electrons. The van der Waals surface area contributed by atoms with Gasteiger partial charge in [0.2, 0.25) is 0 Å². The van der Waals surface area contributed by atoms with Gasteiger partial charge in [-0.1, -0.05) is 231 Å². The van der Waals surface area contributed by atoms with Crippen LogP contribution in [0.3, 0.4) is 0 Å². The van der Waals surface area contributed by atoms with Gasteiger partial charge in [0.05, 0.1) is 0 Å². The predicted octanol–water partition coefficient (Wildman–Crippen LogP) is 17.2. The van der Waals surface area contributed by atoms with Gasteiger partial charge in [-0.15, -0.1) is 0 Å². The van der Waals surface area contributed by atoms with Crippen LogP contribution in [0.25, 0.3) is 108 Å². The SMILES string of the molecule is c1cc2cc(c1)c1ccc(cc1)c1ccc(cc1)c1ccc(cc1)c1ccc(cc1)c1cccc(c1)c1ccc(cc1)c1ccc(cc1)c1ccc(cc1)c1ccc2cc1. The Morgan fingerprint density at radius 2 is 0.200 bits per heavy atom. The molecule has 0 N–H and O–H groups in total. The first-order valence-electron chi connectivity index (χ1n) is 20.7. The van der Waals surface area contributed by atoms with E-state index in [2.05, 4.69) is 243 Å². The predicted molar refractivity (Wildman–Crippen MR) is 263 cm³/mol. The topological polar surface area (TPSA) is 0 Å². The van der Waals surface area contributed by atoms with Gasteiger partial charge in [0.1, 0.15) is 0 Å². The summed E-state index contributed by atoms with van der Waals surface area (Å²) in [5, 5.41) is 24.2. The Morgan fingerprint density at radius 3 is 0.317 bits per heavy atom. The molecule has 0 unspecified atom stereocenters. The maximum absolute atomic E-state index is 2.30. The Morgan fingerprint density at radius 1 is 0.100 bits per heavy atom. The molecule has 0 heteroatoms. The molecule has 0 aliphatic rings. The van der Waals surface area contributed by atoms with E-state index in [1.165, 1.54) is 108 Å². The highest BCUT2D eigenvalue weighted by Crippen LogP contribution is 2.26. The van der Waals surface area contributed by atoms with E-state index in [1.807, 2.05) is 0 Å². The zero-order chi connectivity index (χ0) is 39.8. The lowest BCUT2D eigenvalue weighted by Crippen LogP contribution is -1.75. The molecule has 0 aliphatic heterocycles. The number of rotatable bonds is 0. The fourth-order valence-electron chi connectivity index (χ4n) is 8.60. The van der Waals surface area contributed by atoms with Crippen LogP contribution >= 0.6 is 0 Å². The van der Waals surface area contributed by atoms with Crippen LogP contribution in [-0.4, -0.2) is 0 Å². The van der Waals surface area contributed by atoms with Gasteiger partial charge in [-0.3, -0.25) is 0 Å². The highest BCUT2D eigenvalue weighted by molar-refractivity contribution is 5.98. The highest BCUT2D eigenvalue weighted by Gasteiger charge is 1.99. The molecule has 60 heavy (non-hydrogen) atoms. The van der Waals surface area contributed by atoms with E-state index in [0.29, 0.717) is 0 Å². The summed E-state index contributed by atoms with van der Waals surface area (Å²) in [6, 6.07) is 89.1. The van der Waals surface area contributed by atoms with Gasteiger partial charge in [0, 0.05) is 0 Å². The summed E-state index contributed by atoms with van der Waals surface area (Å²) in [5.74, 6) is 0. The second-order valence-electron chi connectivity index (χ2n) is 15.8. The van der Waals surface area contributed by atoms with Crippen molar-refractivity contribution < 1.29 is 0 Å². The first kappa shape index (κ1) is 35.4. The summed E-state index contributed by atoms with van der Waals surface area (Å²) in [5.41, 5.74) is 0. The summed E-state index contributed by atoms with van der Waals surface area (Å²) < 4.78 is 0. The van der Waals surface area contributed by atoms with E-state index in [0.717, 1.165) is 0 Å². The second kappa shape index (κ2) is 15.2. The van der Waals surface area contributed by atoms with Crippen LogP contribution in [0.5, 0.6) is 0 Å². The molecule has 0 aliphatic carbocycles. The molecule has 0 atom stereocenters. The molecule has 0 saturated carbocycles. The lowest BCUT2D eigenvalue weighted by atomic mass is 10.0. The standard InChI is InChI=1S/C60H40/c1-3-57-39-58(4-1)54-33-25-50(26-34-54)46-17-9-42(10-18-46)44-13-21-48(22-14-44)52-29-37-56(38-30-52)60-6-2-5-59(40-60)55-35-27-51(28-36-55)47-19-11-43(12-20-47)41-7-15-45(16-8-41)49-23-31-53(57)32-24-49/h1-40H. The molecule has 0 heterocycles. The quantitative estimate of drug-likeness (QED) is 0.144. The van der Waals surface area contributed by atoms with Gasteiger partial charge in [-0.05, 0) is 120 Å². The number of hydrogen-bond donors (Lipinski definition) is 0. The Kier molecular flexibility index (Phi) is 8.95. The van der Waals surface area contributed by atoms with E-state index in [9.17, 15) is 0 Å². The molecule has 0 saturated heterocycles. The maximum atomic E-state index is 2.30. The van der Waals surface area contributed by atoms with Gasteiger partial charge in [0.15, 0.2) is 0 Å². The van der Waals surface area contributed by atoms with Crippen LogP contribution < -0.4 is 0 Å². The van der Waals surface area contributed by atoms with Crippen LogP contribution in [-0.2, 0) is 0 Å². The minimum atomic E-state index is 1.21. The van der Waals surface area contributed by atoms with Crippen molar-refractivity contribution >= 4 is 108 Å². The summed E-state index contributed by atoms with van der Waals surface area (Å²) in [6.45, 7) is 0. The third-order valence-corrected chi connectivity index (χ3v) is 12.1. The van der Waals surface area contributed by atoms with Crippen LogP contribution in [0.4, 0.5) is 0 Å². The van der Waals surface area contributed by atoms with Crippen molar-refractivity contribution in [2.24, 2.45) is 0 Å². The molecule has 0 nitrogen and oxygen atoms in total. The Hall–Kier alpha value is -7.80. The zero-order valence-corrected chi connectivity index (χ0v) is 33.1. The average Bonchev–Trinajstić information content (AvgIpc) is 3.34. The monoisotopic (exact) mass is 760 g/mol. The van der Waals surface area contributed by atoms with Gasteiger partial charge in [-0.2, -0.15) is 0 Å². The van der Waals surface area contributed by atoms with Crippen molar-refractivity contribution in [2.45, 2.75) is 0 Å². The summed E-state index contributed by atoms with van der Waals surface area (Å²) in [4.78, 5) is 0. The molecular weight excluding hydrogens is 721 g/mol. The summed E-state index contributed by atoms with van der Waals surface area (Å²) in [6.07, 6.45) is 0. The minimum absolute atomic E-state index is 1.21. The molecule has 280 valence electrons. The van der Waals surface area contributed by atoms with Gasteiger partial charge >= 0.3 is 0 Å². The summed E-state index contributed by atoms with van der Waals surface area (Å²) >= 11 is 0. The van der Waals surface area contributed by atoms with Gasteiger partial charge in [0.25, 0.3) is 0 Å². The van der Waals surface area contributed by atoms with E-state index < -0.39 is 0 Å². The van der Waals surface area contributed by atoms with Crippen molar-refractivity contribution in [1.29, 1.82) is 0 Å². The Labute approximate surface area is 348 Å². The highest BCUT2D eigenvalue weighted by atomic mass is 14.0. The second-order valence-corrected chi connectivity index (χ2v) is 15.8. The largest absolute Gasteiger partial charge is 0.0610 e. The van der Waals surface area contributed by atoms with Crippen LogP contribution in [0, 0.1) is 0 Å². The lowest BCUT2D eigenvalue weighted by Gasteiger charge is -2.01. The van der Waals surface area contributed by atoms with Crippen molar-refractivity contribution in [3.63, 3.8) is 0 Å². The first-order valence-corrected chi connectivity index (χ1v) is 20.7. The first-order chi connectivity index (χ1) is 29.7. The van der Waals surface area contributed by atoms with E-state index >= 15 is 0 Å². The number of hydrogen-bond acceptors (Lipinski definition) is 0. The fourth-order valence-corrected chi connectivity index (χ4v) is 8.60. The van der Waals surface area contributed by atoms with Crippen LogP contribution in [0.15, 0.2) is 243 Å². The molecule has 0 spiro atoms. The van der Waals surface area contributed by atoms with E-state index in [1.54, 1.807) is 0 Å². The molecule has 0 fully saturated rings. The van der Waals surface area contributed by atoms with E-state index in [-0.39, 0.29) is 0 Å². The van der Waals surface area contributed by atoms with Crippen molar-refractivity contribution in [2.75, 3.05) is 0 Å². The van der Waals surface area contributed by atoms with Crippen LogP contribution in [0.2, 0.25) is 0 Å². The molecular formula is C60H40. The normalized spacial score (nSPS) is 11.3. The third kappa shape index (κ3) is 6.95. The zero-order valence-electron chi connectivity index (χ0n) is 33.1. The lowest BCUT2D eigenvalue weighted by molar-refractivity contribution is 1.78. The molecule has 23 aromatic rings. The Bertz CT molecular complexity index is 3130. The average molecular weight is 761 g/mol. The maximum Gasteiger partial charge on any atom is -0.0178 e. The van der Waals surface area contributed by atoms with Crippen molar-refractivity contribution in [3.8, 4) is 0 Å². The van der Waals surface area contributed by atoms with Gasteiger partial charge < -0.3 is 0 Å². The molecule has 0 amide bonds. The smallest absolute Gasteiger partial charge is 0.0178 e. The Balaban J connectivity index is 1.05.